The van der Waals surface area contributed by atoms with Crippen LogP contribution in [0.15, 0.2) is 30.3 Å². The maximum absolute atomic E-state index is 12.8. The Bertz CT molecular complexity index is 486. The van der Waals surface area contributed by atoms with Gasteiger partial charge in [0.25, 0.3) is 0 Å². The van der Waals surface area contributed by atoms with Gasteiger partial charge in [-0.1, -0.05) is 18.2 Å². The van der Waals surface area contributed by atoms with Gasteiger partial charge in [-0.05, 0) is 37.4 Å². The summed E-state index contributed by atoms with van der Waals surface area (Å²) in [5, 5.41) is 2.73. The van der Waals surface area contributed by atoms with Crippen LogP contribution in [0.3, 0.4) is 0 Å². The van der Waals surface area contributed by atoms with Crippen molar-refractivity contribution in [1.82, 2.24) is 5.09 Å². The van der Waals surface area contributed by atoms with Gasteiger partial charge in [-0.2, -0.15) is 0 Å². The fourth-order valence-electron chi connectivity index (χ4n) is 1.44. The van der Waals surface area contributed by atoms with Crippen molar-refractivity contribution < 1.29 is 18.6 Å². The van der Waals surface area contributed by atoms with Crippen molar-refractivity contribution in [3.8, 4) is 5.75 Å². The van der Waals surface area contributed by atoms with E-state index >= 15 is 0 Å². The highest BCUT2D eigenvalue weighted by Gasteiger charge is 2.30. The lowest BCUT2D eigenvalue weighted by Crippen LogP contribution is -2.34. The Labute approximate surface area is 129 Å². The molecule has 6 nitrogen and oxygen atoms in total. The normalized spacial score (nSPS) is 15.0. The molecule has 1 aromatic carbocycles. The fraction of sp³-hybridized carbons (Fsp3) is 0.462. The molecule has 0 aromatic heterocycles. The zero-order valence-corrected chi connectivity index (χ0v) is 13.9. The standard InChI is InChI=1S/C13H21N2O4PS/c1-3-18-13(16)11(2)15-20(17,21-10-9-14)19-12-7-5-4-6-8-12/h4-8,11H,3,9-10,14H2,1-2H3,(H,15,17)/t11-,20?/m0/s1. The quantitative estimate of drug-likeness (QED) is 0.530. The van der Waals surface area contributed by atoms with Crippen molar-refractivity contribution in [2.75, 3.05) is 18.9 Å². The monoisotopic (exact) mass is 332 g/mol. The van der Waals surface area contributed by atoms with Crippen LogP contribution in [0.25, 0.3) is 0 Å². The Morgan fingerprint density at radius 2 is 2.10 bits per heavy atom. The Morgan fingerprint density at radius 3 is 2.67 bits per heavy atom. The van der Waals surface area contributed by atoms with E-state index in [0.29, 0.717) is 18.0 Å². The number of rotatable bonds is 9. The largest absolute Gasteiger partial charge is 0.465 e. The van der Waals surface area contributed by atoms with E-state index in [9.17, 15) is 9.36 Å². The molecule has 0 aliphatic rings. The van der Waals surface area contributed by atoms with Gasteiger partial charge >= 0.3 is 12.7 Å². The molecule has 1 rings (SSSR count). The summed E-state index contributed by atoms with van der Waals surface area (Å²) in [6, 6.07) is 8.06. The first-order chi connectivity index (χ1) is 10.0. The van der Waals surface area contributed by atoms with E-state index in [4.69, 9.17) is 15.0 Å². The molecule has 0 amide bonds. The maximum Gasteiger partial charge on any atom is 0.375 e. The molecule has 21 heavy (non-hydrogen) atoms. The number of nitrogens with two attached hydrogens (primary N) is 1. The number of carbonyl (C=O) groups excluding carboxylic acids is 1. The Hall–Kier alpha value is -1.01. The van der Waals surface area contributed by atoms with Crippen molar-refractivity contribution in [2.45, 2.75) is 19.9 Å². The highest BCUT2D eigenvalue weighted by Crippen LogP contribution is 2.55. The second kappa shape index (κ2) is 9.10. The number of nitrogens with one attached hydrogen (secondary N) is 1. The molecule has 118 valence electrons. The highest BCUT2D eigenvalue weighted by atomic mass is 32.7. The summed E-state index contributed by atoms with van der Waals surface area (Å²) in [6.45, 7) is 0.628. The molecule has 0 saturated heterocycles. The molecular formula is C13H21N2O4PS. The minimum absolute atomic E-state index is 0.268. The maximum atomic E-state index is 12.8. The van der Waals surface area contributed by atoms with Crippen LogP contribution >= 0.6 is 18.1 Å². The van der Waals surface area contributed by atoms with Crippen molar-refractivity contribution in [3.63, 3.8) is 0 Å². The number of para-hydroxylation sites is 1. The summed E-state index contributed by atoms with van der Waals surface area (Å²) in [7, 11) is 0. The SMILES string of the molecule is CCOC(=O)[C@H](C)NP(=O)(Oc1ccccc1)SCCN. The molecule has 0 radical (unpaired) electrons. The van der Waals surface area contributed by atoms with Gasteiger partial charge < -0.3 is 15.0 Å². The summed E-state index contributed by atoms with van der Waals surface area (Å²) in [4.78, 5) is 11.7. The predicted molar refractivity (Wildman–Crippen MR) is 85.4 cm³/mol. The topological polar surface area (TPSA) is 90.6 Å². The van der Waals surface area contributed by atoms with Gasteiger partial charge in [-0.3, -0.25) is 4.79 Å². The highest BCUT2D eigenvalue weighted by molar-refractivity contribution is 8.56. The average Bonchev–Trinajstić information content (AvgIpc) is 2.46. The molecule has 0 heterocycles. The Morgan fingerprint density at radius 1 is 1.43 bits per heavy atom. The van der Waals surface area contributed by atoms with Crippen LogP contribution in [-0.2, 0) is 14.1 Å². The van der Waals surface area contributed by atoms with E-state index in [1.807, 2.05) is 6.07 Å². The van der Waals surface area contributed by atoms with Crippen molar-refractivity contribution >= 4 is 24.1 Å². The van der Waals surface area contributed by atoms with Gasteiger partial charge in [-0.25, -0.2) is 9.65 Å². The van der Waals surface area contributed by atoms with Crippen molar-refractivity contribution in [2.24, 2.45) is 5.73 Å². The van der Waals surface area contributed by atoms with Crippen LogP contribution < -0.4 is 15.3 Å². The second-order valence-corrected chi connectivity index (χ2v) is 8.45. The molecule has 0 aliphatic carbocycles. The number of ether oxygens (including phenoxy) is 1. The van der Waals surface area contributed by atoms with Gasteiger partial charge in [0.15, 0.2) is 0 Å². The molecule has 3 N–H and O–H groups in total. The van der Waals surface area contributed by atoms with E-state index < -0.39 is 18.7 Å². The fourth-order valence-corrected chi connectivity index (χ4v) is 5.10. The number of esters is 1. The van der Waals surface area contributed by atoms with E-state index in [0.717, 1.165) is 11.4 Å². The van der Waals surface area contributed by atoms with Crippen LogP contribution in [0.2, 0.25) is 0 Å². The molecule has 1 unspecified atom stereocenters. The first-order valence-corrected chi connectivity index (χ1v) is 9.86. The summed E-state index contributed by atoms with van der Waals surface area (Å²) >= 11 is 1.07. The molecule has 8 heteroatoms. The molecule has 0 saturated carbocycles. The summed E-state index contributed by atoms with van der Waals surface area (Å²) < 4.78 is 23.3. The van der Waals surface area contributed by atoms with Gasteiger partial charge in [0.1, 0.15) is 11.8 Å². The summed E-state index contributed by atoms with van der Waals surface area (Å²) in [5.74, 6) is 0.448. The number of hydrogen-bond donors (Lipinski definition) is 2. The van der Waals surface area contributed by atoms with E-state index in [-0.39, 0.29) is 6.61 Å². The van der Waals surface area contributed by atoms with Crippen LogP contribution in [0, 0.1) is 0 Å². The third-order valence-corrected chi connectivity index (χ3v) is 6.36. The smallest absolute Gasteiger partial charge is 0.375 e. The molecule has 0 bridgehead atoms. The third kappa shape index (κ3) is 6.52. The zero-order chi connectivity index (χ0) is 15.7. The van der Waals surface area contributed by atoms with Crippen LogP contribution in [-0.4, -0.2) is 30.9 Å². The van der Waals surface area contributed by atoms with Crippen LogP contribution in [0.5, 0.6) is 5.75 Å². The zero-order valence-electron chi connectivity index (χ0n) is 12.2. The van der Waals surface area contributed by atoms with E-state index in [2.05, 4.69) is 5.09 Å². The minimum atomic E-state index is -3.31. The number of carbonyl (C=O) groups is 1. The lowest BCUT2D eigenvalue weighted by atomic mass is 10.3. The van der Waals surface area contributed by atoms with E-state index in [1.54, 1.807) is 38.1 Å². The van der Waals surface area contributed by atoms with Gasteiger partial charge in [0.05, 0.1) is 6.61 Å². The minimum Gasteiger partial charge on any atom is -0.465 e. The van der Waals surface area contributed by atoms with Gasteiger partial charge in [0, 0.05) is 12.3 Å². The van der Waals surface area contributed by atoms with Crippen LogP contribution in [0.1, 0.15) is 13.8 Å². The molecular weight excluding hydrogens is 311 g/mol. The first kappa shape index (κ1) is 18.0. The Balaban J connectivity index is 2.78. The summed E-state index contributed by atoms with van der Waals surface area (Å²) in [6.07, 6.45) is 0. The molecule has 0 aliphatic heterocycles. The second-order valence-electron chi connectivity index (χ2n) is 4.13. The van der Waals surface area contributed by atoms with Crippen molar-refractivity contribution in [1.29, 1.82) is 0 Å². The van der Waals surface area contributed by atoms with Crippen LogP contribution in [0.4, 0.5) is 0 Å². The van der Waals surface area contributed by atoms with Gasteiger partial charge in [0.2, 0.25) is 0 Å². The molecule has 2 atom stereocenters. The number of benzene rings is 1. The summed E-state index contributed by atoms with van der Waals surface area (Å²) in [5.41, 5.74) is 5.45. The predicted octanol–water partition coefficient (Wildman–Crippen LogP) is 2.41. The lowest BCUT2D eigenvalue weighted by Gasteiger charge is -2.22. The first-order valence-electron chi connectivity index (χ1n) is 6.64. The lowest BCUT2D eigenvalue weighted by molar-refractivity contribution is -0.144. The van der Waals surface area contributed by atoms with Gasteiger partial charge in [-0.15, -0.1) is 0 Å². The Kier molecular flexibility index (Phi) is 7.82. The van der Waals surface area contributed by atoms with Crippen molar-refractivity contribution in [3.05, 3.63) is 30.3 Å². The number of hydrogen-bond acceptors (Lipinski definition) is 6. The third-order valence-electron chi connectivity index (χ3n) is 2.34. The molecule has 0 fully saturated rings. The average molecular weight is 332 g/mol. The van der Waals surface area contributed by atoms with E-state index in [1.165, 1.54) is 0 Å². The molecule has 1 aromatic rings. The molecule has 0 spiro atoms.